The van der Waals surface area contributed by atoms with Gasteiger partial charge >= 0.3 is 0 Å². The van der Waals surface area contributed by atoms with Gasteiger partial charge in [0.2, 0.25) is 5.88 Å². The number of aromatic amines is 1. The fourth-order valence-electron chi connectivity index (χ4n) is 3.28. The van der Waals surface area contributed by atoms with Crippen LogP contribution in [0.25, 0.3) is 32.8 Å². The smallest absolute Gasteiger partial charge is 0.269 e. The Labute approximate surface area is 156 Å². The average molecular weight is 372 g/mol. The first-order valence-electron chi connectivity index (χ1n) is 8.43. The number of nitro groups is 1. The van der Waals surface area contributed by atoms with Crippen molar-refractivity contribution in [2.24, 2.45) is 10.2 Å². The predicted octanol–water partition coefficient (Wildman–Crippen LogP) is 6.10. The zero-order valence-corrected chi connectivity index (χ0v) is 14.3. The molecule has 8 nitrogen and oxygen atoms in total. The second-order valence-corrected chi connectivity index (χ2v) is 6.26. The zero-order valence-electron chi connectivity index (χ0n) is 14.3. The molecular weight excluding hydrogens is 360 g/mol. The fourth-order valence-corrected chi connectivity index (χ4v) is 3.28. The Kier molecular flexibility index (Phi) is 3.38. The number of rotatable bonds is 3. The Morgan fingerprint density at radius 2 is 1.75 bits per heavy atom. The van der Waals surface area contributed by atoms with Crippen LogP contribution in [-0.2, 0) is 0 Å². The number of nitrogens with zero attached hydrogens (tertiary/aromatic N) is 3. The molecule has 2 N–H and O–H groups in total. The van der Waals surface area contributed by atoms with Crippen LogP contribution in [-0.4, -0.2) is 15.0 Å². The summed E-state index contributed by atoms with van der Waals surface area (Å²) in [6.45, 7) is 0. The van der Waals surface area contributed by atoms with E-state index in [1.807, 2.05) is 36.4 Å². The summed E-state index contributed by atoms with van der Waals surface area (Å²) in [7, 11) is 0. The molecule has 3 aromatic carbocycles. The number of aromatic nitrogens is 1. The van der Waals surface area contributed by atoms with Crippen LogP contribution in [0, 0.1) is 10.1 Å². The molecule has 2 aromatic heterocycles. The van der Waals surface area contributed by atoms with E-state index in [0.29, 0.717) is 22.2 Å². The minimum absolute atomic E-state index is 0.0297. The minimum atomic E-state index is -0.481. The minimum Gasteiger partial charge on any atom is -0.493 e. The van der Waals surface area contributed by atoms with Gasteiger partial charge in [0.15, 0.2) is 5.69 Å². The van der Waals surface area contributed by atoms with Crippen LogP contribution >= 0.6 is 0 Å². The van der Waals surface area contributed by atoms with Crippen molar-refractivity contribution in [2.45, 2.75) is 0 Å². The molecule has 0 atom stereocenters. The van der Waals surface area contributed by atoms with Gasteiger partial charge in [-0.15, -0.1) is 5.11 Å². The highest BCUT2D eigenvalue weighted by Crippen LogP contribution is 2.43. The summed E-state index contributed by atoms with van der Waals surface area (Å²) in [5.74, 6) is -0.131. The molecule has 28 heavy (non-hydrogen) atoms. The van der Waals surface area contributed by atoms with E-state index in [2.05, 4.69) is 15.2 Å². The first-order chi connectivity index (χ1) is 13.6. The van der Waals surface area contributed by atoms with E-state index in [1.165, 1.54) is 24.3 Å². The summed E-state index contributed by atoms with van der Waals surface area (Å²) in [4.78, 5) is 13.1. The summed E-state index contributed by atoms with van der Waals surface area (Å²) in [6, 6.07) is 17.1. The third kappa shape index (κ3) is 2.39. The number of fused-ring (bicyclic) bond motifs is 5. The van der Waals surface area contributed by atoms with Crippen LogP contribution in [0.5, 0.6) is 5.88 Å². The van der Waals surface area contributed by atoms with E-state index in [4.69, 9.17) is 4.42 Å². The highest BCUT2D eigenvalue weighted by molar-refractivity contribution is 6.18. The number of furan rings is 1. The van der Waals surface area contributed by atoms with Crippen molar-refractivity contribution in [3.63, 3.8) is 0 Å². The highest BCUT2D eigenvalue weighted by Gasteiger charge is 2.18. The second-order valence-electron chi connectivity index (χ2n) is 6.26. The second kappa shape index (κ2) is 5.92. The number of aromatic hydroxyl groups is 1. The van der Waals surface area contributed by atoms with E-state index in [-0.39, 0.29) is 17.3 Å². The maximum Gasteiger partial charge on any atom is 0.269 e. The lowest BCUT2D eigenvalue weighted by molar-refractivity contribution is -0.384. The van der Waals surface area contributed by atoms with Gasteiger partial charge in [0.1, 0.15) is 11.2 Å². The Morgan fingerprint density at radius 1 is 0.964 bits per heavy atom. The van der Waals surface area contributed by atoms with Crippen LogP contribution in [0.15, 0.2) is 75.3 Å². The van der Waals surface area contributed by atoms with Crippen LogP contribution in [0.3, 0.4) is 0 Å². The number of nitrogens with one attached hydrogen (secondary N) is 1. The number of nitro benzene ring substituents is 1. The maximum absolute atomic E-state index is 10.8. The molecule has 0 aliphatic carbocycles. The summed E-state index contributed by atoms with van der Waals surface area (Å²) >= 11 is 0. The molecule has 0 aliphatic rings. The molecule has 0 amide bonds. The van der Waals surface area contributed by atoms with E-state index in [1.54, 1.807) is 0 Å². The molecule has 5 aromatic rings. The number of non-ortho nitro benzene ring substituents is 1. The SMILES string of the molecule is O=[N+]([O-])c1ccc(N=Nc2c(O)[nH]c3ccc4c5ccccc5oc4c23)cc1. The van der Waals surface area contributed by atoms with Crippen LogP contribution in [0.2, 0.25) is 0 Å². The molecule has 0 unspecified atom stereocenters. The van der Waals surface area contributed by atoms with Crippen LogP contribution in [0.4, 0.5) is 17.1 Å². The van der Waals surface area contributed by atoms with Gasteiger partial charge in [-0.05, 0) is 30.3 Å². The lowest BCUT2D eigenvalue weighted by Crippen LogP contribution is -1.85. The Balaban J connectivity index is 1.68. The van der Waals surface area contributed by atoms with Crippen molar-refractivity contribution in [1.29, 1.82) is 0 Å². The van der Waals surface area contributed by atoms with E-state index < -0.39 is 4.92 Å². The van der Waals surface area contributed by atoms with Gasteiger partial charge in [0.25, 0.3) is 5.69 Å². The number of hydrogen-bond donors (Lipinski definition) is 2. The number of hydrogen-bond acceptors (Lipinski definition) is 6. The Morgan fingerprint density at radius 3 is 2.54 bits per heavy atom. The van der Waals surface area contributed by atoms with E-state index in [0.717, 1.165) is 16.4 Å². The molecule has 0 saturated heterocycles. The number of azo groups is 1. The maximum atomic E-state index is 10.8. The zero-order chi connectivity index (χ0) is 19.3. The van der Waals surface area contributed by atoms with Crippen molar-refractivity contribution in [2.75, 3.05) is 0 Å². The topological polar surface area (TPSA) is 117 Å². The molecule has 0 saturated carbocycles. The summed E-state index contributed by atoms with van der Waals surface area (Å²) < 4.78 is 6.01. The average Bonchev–Trinajstić information content (AvgIpc) is 3.23. The third-order valence-corrected chi connectivity index (χ3v) is 4.59. The third-order valence-electron chi connectivity index (χ3n) is 4.59. The molecule has 0 bridgehead atoms. The van der Waals surface area contributed by atoms with Crippen molar-refractivity contribution < 1.29 is 14.4 Å². The fraction of sp³-hybridized carbons (Fsp3) is 0. The van der Waals surface area contributed by atoms with Crippen molar-refractivity contribution in [3.05, 3.63) is 70.8 Å². The van der Waals surface area contributed by atoms with Gasteiger partial charge in [0, 0.05) is 22.9 Å². The van der Waals surface area contributed by atoms with Gasteiger partial charge < -0.3 is 14.5 Å². The highest BCUT2D eigenvalue weighted by atomic mass is 16.6. The molecular formula is C20H12N4O4. The predicted molar refractivity (Wildman–Crippen MR) is 105 cm³/mol. The molecule has 2 heterocycles. The summed E-state index contributed by atoms with van der Waals surface area (Å²) in [6.07, 6.45) is 0. The number of H-pyrrole nitrogens is 1. The largest absolute Gasteiger partial charge is 0.493 e. The first-order valence-corrected chi connectivity index (χ1v) is 8.43. The Bertz CT molecular complexity index is 1400. The van der Waals surface area contributed by atoms with Gasteiger partial charge in [-0.2, -0.15) is 5.11 Å². The molecule has 0 radical (unpaired) electrons. The normalized spacial score (nSPS) is 11.9. The van der Waals surface area contributed by atoms with E-state index in [9.17, 15) is 15.2 Å². The van der Waals surface area contributed by atoms with Gasteiger partial charge in [-0.1, -0.05) is 18.2 Å². The monoisotopic (exact) mass is 372 g/mol. The summed E-state index contributed by atoms with van der Waals surface area (Å²) in [5, 5.41) is 31.9. The molecule has 0 fully saturated rings. The quantitative estimate of drug-likeness (QED) is 0.226. The molecule has 8 heteroatoms. The van der Waals surface area contributed by atoms with Gasteiger partial charge in [-0.25, -0.2) is 0 Å². The van der Waals surface area contributed by atoms with Crippen molar-refractivity contribution in [3.8, 4) is 5.88 Å². The van der Waals surface area contributed by atoms with Crippen molar-refractivity contribution >= 4 is 49.9 Å². The molecule has 136 valence electrons. The van der Waals surface area contributed by atoms with Gasteiger partial charge in [-0.3, -0.25) is 10.1 Å². The lowest BCUT2D eigenvalue weighted by Gasteiger charge is -1.95. The Hall–Kier alpha value is -4.20. The standard InChI is InChI=1S/C20H12N4O4/c25-20-18(23-22-11-5-7-12(8-6-11)24(26)27)17-15(21-20)10-9-14-13-3-1-2-4-16(13)28-19(14)17/h1-10,21,25H. The lowest BCUT2D eigenvalue weighted by atomic mass is 10.1. The summed E-state index contributed by atoms with van der Waals surface area (Å²) in [5.41, 5.74) is 2.66. The van der Waals surface area contributed by atoms with Gasteiger partial charge in [0.05, 0.1) is 21.5 Å². The molecule has 5 rings (SSSR count). The van der Waals surface area contributed by atoms with Crippen LogP contribution in [0.1, 0.15) is 0 Å². The number of benzene rings is 3. The molecule has 0 aliphatic heterocycles. The number of para-hydroxylation sites is 1. The van der Waals surface area contributed by atoms with Crippen molar-refractivity contribution in [1.82, 2.24) is 4.98 Å². The molecule has 0 spiro atoms. The first kappa shape index (κ1) is 16.0. The van der Waals surface area contributed by atoms with E-state index >= 15 is 0 Å². The van der Waals surface area contributed by atoms with Crippen LogP contribution < -0.4 is 0 Å².